The lowest BCUT2D eigenvalue weighted by molar-refractivity contribution is -0.132. The van der Waals surface area contributed by atoms with Crippen LogP contribution < -0.4 is 10.8 Å². The molecular weight excluding hydrogens is 488 g/mol. The maximum Gasteiger partial charge on any atom is 0.223 e. The van der Waals surface area contributed by atoms with Crippen molar-refractivity contribution in [1.29, 1.82) is 0 Å². The van der Waals surface area contributed by atoms with Crippen molar-refractivity contribution < 1.29 is 9.53 Å². The fourth-order valence-corrected chi connectivity index (χ4v) is 5.86. The van der Waals surface area contributed by atoms with Gasteiger partial charge in [0, 0.05) is 76.1 Å². The van der Waals surface area contributed by atoms with Crippen LogP contribution in [0.4, 0.5) is 0 Å². The number of nitrogens with one attached hydrogen (secondary N) is 2. The highest BCUT2D eigenvalue weighted by Crippen LogP contribution is 2.39. The Morgan fingerprint density at radius 1 is 1.21 bits per heavy atom. The average molecular weight is 533 g/mol. The molecule has 1 aliphatic rings. The molecule has 39 heavy (non-hydrogen) atoms. The number of carbonyl (C=O) groups is 1. The molecule has 4 rings (SSSR count). The number of aromatic nitrogens is 2. The first kappa shape index (κ1) is 28.8. The zero-order valence-electron chi connectivity index (χ0n) is 24.4. The summed E-state index contributed by atoms with van der Waals surface area (Å²) in [6.45, 7) is 16.3. The minimum Gasteiger partial charge on any atom is -0.383 e. The standard InChI is InChI=1S/C31H44N6O2/c1-20(2)29-25-18-24(23-11-15-36(16-12-23)28(38)10-13-34-14-17-39-7)8-9-27(25)35-30(29)26-19-37(33-6)31(32-5)22(4)21(26)3/h8-9,18-20,23,34-35H,6,10-17H2,1-5,7H3. The fourth-order valence-electron chi connectivity index (χ4n) is 5.86. The molecule has 1 saturated heterocycles. The van der Waals surface area contributed by atoms with E-state index in [0.717, 1.165) is 60.3 Å². The Morgan fingerprint density at radius 2 is 1.95 bits per heavy atom. The summed E-state index contributed by atoms with van der Waals surface area (Å²) < 4.78 is 6.81. The number of fused-ring (bicyclic) bond motifs is 1. The molecule has 2 aromatic heterocycles. The second-order valence-corrected chi connectivity index (χ2v) is 10.8. The predicted molar refractivity (Wildman–Crippen MR) is 160 cm³/mol. The number of ether oxygens (including phenoxy) is 1. The van der Waals surface area contributed by atoms with E-state index in [1.54, 1.807) is 18.8 Å². The van der Waals surface area contributed by atoms with E-state index in [4.69, 9.17) is 4.74 Å². The van der Waals surface area contributed by atoms with Crippen LogP contribution in [0, 0.1) is 13.8 Å². The van der Waals surface area contributed by atoms with Crippen molar-refractivity contribution in [3.63, 3.8) is 0 Å². The quantitative estimate of drug-likeness (QED) is 0.293. The van der Waals surface area contributed by atoms with Gasteiger partial charge in [-0.1, -0.05) is 19.9 Å². The monoisotopic (exact) mass is 532 g/mol. The number of aromatic amines is 1. The summed E-state index contributed by atoms with van der Waals surface area (Å²) in [7, 11) is 3.47. The van der Waals surface area contributed by atoms with E-state index in [9.17, 15) is 4.79 Å². The zero-order valence-corrected chi connectivity index (χ0v) is 24.4. The lowest BCUT2D eigenvalue weighted by atomic mass is 9.87. The topological polar surface area (TPSA) is 87.0 Å². The molecule has 1 aromatic carbocycles. The lowest BCUT2D eigenvalue weighted by Crippen LogP contribution is -2.39. The van der Waals surface area contributed by atoms with Crippen LogP contribution in [0.3, 0.4) is 0 Å². The first-order valence-corrected chi connectivity index (χ1v) is 14.1. The minimum absolute atomic E-state index is 0.241. The Bertz CT molecular complexity index is 1390. The van der Waals surface area contributed by atoms with Gasteiger partial charge in [0.15, 0.2) is 5.49 Å². The number of nitrogens with zero attached hydrogens (tertiary/aromatic N) is 4. The largest absolute Gasteiger partial charge is 0.383 e. The smallest absolute Gasteiger partial charge is 0.223 e. The molecule has 8 nitrogen and oxygen atoms in total. The summed E-state index contributed by atoms with van der Waals surface area (Å²) in [5.74, 6) is 1.03. The Hall–Kier alpha value is -3.23. The number of piperidine rings is 1. The number of H-pyrrole nitrogens is 1. The summed E-state index contributed by atoms with van der Waals surface area (Å²) in [6.07, 6.45) is 4.56. The number of hydrogen-bond donors (Lipinski definition) is 2. The van der Waals surface area contributed by atoms with Gasteiger partial charge in [0.1, 0.15) is 0 Å². The van der Waals surface area contributed by atoms with Gasteiger partial charge in [-0.15, -0.1) is 0 Å². The van der Waals surface area contributed by atoms with E-state index in [2.05, 4.69) is 73.0 Å². The number of hydrogen-bond acceptors (Lipinski definition) is 5. The highest BCUT2D eigenvalue weighted by molar-refractivity contribution is 5.92. The average Bonchev–Trinajstić information content (AvgIpc) is 3.33. The van der Waals surface area contributed by atoms with Crippen LogP contribution in [0.25, 0.3) is 22.2 Å². The molecule has 0 aliphatic carbocycles. The maximum absolute atomic E-state index is 12.7. The van der Waals surface area contributed by atoms with Gasteiger partial charge in [-0.25, -0.2) is 4.68 Å². The third-order valence-corrected chi connectivity index (χ3v) is 8.16. The molecule has 0 radical (unpaired) electrons. The molecular formula is C31H44N6O2. The third-order valence-electron chi connectivity index (χ3n) is 8.16. The molecule has 0 saturated carbocycles. The summed E-state index contributed by atoms with van der Waals surface area (Å²) in [5.41, 5.74) is 9.19. The van der Waals surface area contributed by atoms with Crippen LogP contribution in [0.1, 0.15) is 67.2 Å². The Labute approximate surface area is 232 Å². The molecule has 0 spiro atoms. The van der Waals surface area contributed by atoms with E-state index in [0.29, 0.717) is 31.4 Å². The van der Waals surface area contributed by atoms with Crippen LogP contribution in [-0.2, 0) is 9.53 Å². The molecule has 1 fully saturated rings. The molecule has 0 unspecified atom stereocenters. The fraction of sp³-hybridized carbons (Fsp3) is 0.516. The molecule has 3 aromatic rings. The second-order valence-electron chi connectivity index (χ2n) is 10.8. The summed E-state index contributed by atoms with van der Waals surface area (Å²) >= 11 is 0. The molecule has 0 atom stereocenters. The number of rotatable bonds is 10. The third kappa shape index (κ3) is 6.02. The number of methoxy groups -OCH3 is 1. The highest BCUT2D eigenvalue weighted by Gasteiger charge is 2.25. The van der Waals surface area contributed by atoms with Gasteiger partial charge in [0.25, 0.3) is 0 Å². The van der Waals surface area contributed by atoms with E-state index in [1.165, 1.54) is 22.1 Å². The van der Waals surface area contributed by atoms with Crippen LogP contribution in [0.5, 0.6) is 0 Å². The van der Waals surface area contributed by atoms with Crippen LogP contribution >= 0.6 is 0 Å². The number of benzene rings is 1. The first-order valence-electron chi connectivity index (χ1n) is 14.1. The molecule has 3 heterocycles. The van der Waals surface area contributed by atoms with Crippen LogP contribution in [-0.4, -0.2) is 74.1 Å². The van der Waals surface area contributed by atoms with Crippen molar-refractivity contribution in [2.24, 2.45) is 10.1 Å². The number of amides is 1. The van der Waals surface area contributed by atoms with Gasteiger partial charge in [0.2, 0.25) is 5.91 Å². The molecule has 8 heteroatoms. The number of pyridine rings is 1. The van der Waals surface area contributed by atoms with Crippen molar-refractivity contribution in [3.05, 3.63) is 52.1 Å². The predicted octanol–water partition coefficient (Wildman–Crippen LogP) is 4.70. The van der Waals surface area contributed by atoms with Gasteiger partial charge in [-0.3, -0.25) is 9.79 Å². The number of carbonyl (C=O) groups excluding carboxylic acids is 1. The van der Waals surface area contributed by atoms with Crippen molar-refractivity contribution in [3.8, 4) is 11.3 Å². The lowest BCUT2D eigenvalue weighted by Gasteiger charge is -2.32. The van der Waals surface area contributed by atoms with Crippen LogP contribution in [0.2, 0.25) is 0 Å². The van der Waals surface area contributed by atoms with E-state index < -0.39 is 0 Å². The zero-order chi connectivity index (χ0) is 28.1. The molecule has 0 bridgehead atoms. The normalized spacial score (nSPS) is 15.1. The van der Waals surface area contributed by atoms with E-state index in [1.807, 2.05) is 11.1 Å². The van der Waals surface area contributed by atoms with Crippen molar-refractivity contribution in [2.45, 2.75) is 58.8 Å². The van der Waals surface area contributed by atoms with E-state index >= 15 is 0 Å². The van der Waals surface area contributed by atoms with Gasteiger partial charge >= 0.3 is 0 Å². The van der Waals surface area contributed by atoms with Gasteiger partial charge < -0.3 is 19.9 Å². The molecule has 1 aliphatic heterocycles. The summed E-state index contributed by atoms with van der Waals surface area (Å²) in [5, 5.41) is 8.74. The molecule has 1 amide bonds. The molecule has 210 valence electrons. The highest BCUT2D eigenvalue weighted by atomic mass is 16.5. The van der Waals surface area contributed by atoms with Crippen molar-refractivity contribution in [2.75, 3.05) is 46.9 Å². The van der Waals surface area contributed by atoms with Gasteiger partial charge in [0.05, 0.1) is 12.3 Å². The summed E-state index contributed by atoms with van der Waals surface area (Å²) in [6, 6.07) is 6.86. The maximum atomic E-state index is 12.7. The van der Waals surface area contributed by atoms with Crippen molar-refractivity contribution in [1.82, 2.24) is 19.9 Å². The second kappa shape index (κ2) is 12.7. The Balaban J connectivity index is 1.58. The first-order chi connectivity index (χ1) is 18.8. The van der Waals surface area contributed by atoms with E-state index in [-0.39, 0.29) is 5.91 Å². The minimum atomic E-state index is 0.241. The molecule has 2 N–H and O–H groups in total. The Kier molecular flexibility index (Phi) is 9.40. The number of likely N-dealkylation sites (tertiary alicyclic amines) is 1. The SMILES string of the molecule is C=Nn1cc(-c2[nH]c3ccc(C4CCN(C(=O)CCNCCOC)CC4)cc3c2C(C)C)c(C)c(C)c1=NC. The van der Waals surface area contributed by atoms with Crippen LogP contribution in [0.15, 0.2) is 34.5 Å². The van der Waals surface area contributed by atoms with Gasteiger partial charge in [-0.05, 0) is 72.9 Å². The van der Waals surface area contributed by atoms with Gasteiger partial charge in [-0.2, -0.15) is 5.10 Å². The summed E-state index contributed by atoms with van der Waals surface area (Å²) in [4.78, 5) is 22.9. The Morgan fingerprint density at radius 3 is 2.59 bits per heavy atom. The van der Waals surface area contributed by atoms with Crippen molar-refractivity contribution >= 4 is 23.5 Å².